The Labute approximate surface area is 185 Å². The Morgan fingerprint density at radius 3 is 2.67 bits per heavy atom. The molecule has 33 heavy (non-hydrogen) atoms. The number of amides is 2. The lowest BCUT2D eigenvalue weighted by molar-refractivity contribution is -0.145. The van der Waals surface area contributed by atoms with Gasteiger partial charge in [-0.05, 0) is 0 Å². The van der Waals surface area contributed by atoms with Crippen molar-refractivity contribution in [3.8, 4) is 0 Å². The number of halogens is 4. The number of benzene rings is 1. The van der Waals surface area contributed by atoms with Gasteiger partial charge < -0.3 is 19.5 Å². The Bertz CT molecular complexity index is 985. The quantitative estimate of drug-likeness (QED) is 0.614. The number of ether oxygens (including phenoxy) is 1. The molecule has 2 saturated heterocycles. The van der Waals surface area contributed by atoms with Crippen LogP contribution in [0.5, 0.6) is 0 Å². The highest BCUT2D eigenvalue weighted by atomic mass is 19.3. The van der Waals surface area contributed by atoms with E-state index in [1.807, 2.05) is 0 Å². The fourth-order valence-electron chi connectivity index (χ4n) is 3.63. The van der Waals surface area contributed by atoms with Gasteiger partial charge in [0.15, 0.2) is 17.5 Å². The van der Waals surface area contributed by atoms with E-state index >= 15 is 0 Å². The summed E-state index contributed by atoms with van der Waals surface area (Å²) in [5.41, 5.74) is 2.13. The molecule has 2 aliphatic heterocycles. The molecule has 2 aliphatic rings. The van der Waals surface area contributed by atoms with Crippen LogP contribution in [0.1, 0.15) is 0 Å². The van der Waals surface area contributed by atoms with Crippen molar-refractivity contribution < 1.29 is 36.4 Å². The summed E-state index contributed by atoms with van der Waals surface area (Å²) in [6.45, 7) is 0.106. The van der Waals surface area contributed by atoms with E-state index < -0.39 is 36.2 Å². The number of rotatable bonds is 6. The number of carbonyl (C=O) groups excluding carboxylic acids is 2. The van der Waals surface area contributed by atoms with E-state index in [0.29, 0.717) is 5.82 Å². The second-order valence-corrected chi connectivity index (χ2v) is 7.33. The van der Waals surface area contributed by atoms with Crippen LogP contribution in [0.2, 0.25) is 0 Å². The van der Waals surface area contributed by atoms with Gasteiger partial charge in [0.1, 0.15) is 18.1 Å². The largest absolute Gasteiger partial charge is 0.442 e. The highest BCUT2D eigenvalue weighted by Crippen LogP contribution is 2.31. The van der Waals surface area contributed by atoms with Crippen molar-refractivity contribution >= 4 is 29.2 Å². The van der Waals surface area contributed by atoms with Crippen molar-refractivity contribution in [2.75, 3.05) is 54.4 Å². The van der Waals surface area contributed by atoms with Crippen LogP contribution in [0, 0.1) is 11.6 Å². The molecule has 2 fully saturated rings. The highest BCUT2D eigenvalue weighted by Gasteiger charge is 2.34. The average molecular weight is 472 g/mol. The van der Waals surface area contributed by atoms with Crippen molar-refractivity contribution in [3.63, 3.8) is 0 Å². The number of hydrazine groups is 1. The van der Waals surface area contributed by atoms with Crippen molar-refractivity contribution in [1.29, 1.82) is 0 Å². The zero-order chi connectivity index (χ0) is 23.5. The van der Waals surface area contributed by atoms with Gasteiger partial charge in [0, 0.05) is 37.8 Å². The molecule has 0 aliphatic carbocycles. The molecular formula is C19H20F4N6O4. The summed E-state index contributed by atoms with van der Waals surface area (Å²) >= 11 is 0. The molecule has 1 aromatic carbocycles. The first-order valence-corrected chi connectivity index (χ1v) is 10.0. The number of anilines is 3. The Kier molecular flexibility index (Phi) is 6.53. The fraction of sp³-hybridized carbons (Fsp3) is 0.421. The second kappa shape index (κ2) is 9.52. The van der Waals surface area contributed by atoms with Crippen molar-refractivity contribution in [2.24, 2.45) is 0 Å². The lowest BCUT2D eigenvalue weighted by atomic mass is 10.2. The number of aromatic nitrogens is 1. The molecule has 0 radical (unpaired) electrons. The average Bonchev–Trinajstić information content (AvgIpc) is 3.35. The molecule has 14 heteroatoms. The van der Waals surface area contributed by atoms with Crippen LogP contribution >= 0.6 is 0 Å². The highest BCUT2D eigenvalue weighted by molar-refractivity contribution is 5.90. The minimum Gasteiger partial charge on any atom is -0.442 e. The first-order valence-electron chi connectivity index (χ1n) is 10.0. The minimum absolute atomic E-state index is 0.0230. The molecule has 1 atom stereocenters. The van der Waals surface area contributed by atoms with Crippen LogP contribution in [0.4, 0.5) is 39.5 Å². The lowest BCUT2D eigenvalue weighted by Gasteiger charge is -2.25. The first kappa shape index (κ1) is 22.6. The minimum atomic E-state index is -3.19. The van der Waals surface area contributed by atoms with Gasteiger partial charge in [-0.2, -0.15) is 8.78 Å². The molecule has 1 aromatic heterocycles. The Morgan fingerprint density at radius 2 is 2.00 bits per heavy atom. The monoisotopic (exact) mass is 472 g/mol. The third kappa shape index (κ3) is 4.94. The van der Waals surface area contributed by atoms with Gasteiger partial charge in [0.25, 0.3) is 0 Å². The van der Waals surface area contributed by atoms with Crippen molar-refractivity contribution in [3.05, 3.63) is 36.1 Å². The van der Waals surface area contributed by atoms with E-state index in [4.69, 9.17) is 9.26 Å². The molecule has 0 saturated carbocycles. The van der Waals surface area contributed by atoms with Crippen LogP contribution in [0.3, 0.4) is 0 Å². The molecule has 2 aromatic rings. The van der Waals surface area contributed by atoms with Gasteiger partial charge in [-0.1, -0.05) is 5.16 Å². The molecular weight excluding hydrogens is 452 g/mol. The molecule has 2 N–H and O–H groups in total. The lowest BCUT2D eigenvalue weighted by Crippen LogP contribution is -2.46. The van der Waals surface area contributed by atoms with Crippen LogP contribution in [-0.4, -0.2) is 74.0 Å². The molecule has 178 valence electrons. The first-order chi connectivity index (χ1) is 15.8. The zero-order valence-electron chi connectivity index (χ0n) is 17.1. The predicted molar refractivity (Wildman–Crippen MR) is 107 cm³/mol. The molecule has 0 bridgehead atoms. The number of nitrogens with zero attached hydrogens (tertiary/aromatic N) is 4. The van der Waals surface area contributed by atoms with Crippen LogP contribution in [0.15, 0.2) is 29.0 Å². The van der Waals surface area contributed by atoms with Crippen molar-refractivity contribution in [1.82, 2.24) is 15.6 Å². The maximum Gasteiger partial charge on any atom is 0.414 e. The number of hydrogen-bond acceptors (Lipinski definition) is 8. The molecule has 0 spiro atoms. The van der Waals surface area contributed by atoms with Crippen LogP contribution < -0.4 is 20.5 Å². The number of alkyl halides is 2. The Morgan fingerprint density at radius 1 is 1.24 bits per heavy atom. The number of cyclic esters (lactones) is 1. The smallest absolute Gasteiger partial charge is 0.414 e. The molecule has 10 nitrogen and oxygen atoms in total. The van der Waals surface area contributed by atoms with Gasteiger partial charge in [0.05, 0.1) is 25.3 Å². The van der Waals surface area contributed by atoms with Gasteiger partial charge in [-0.25, -0.2) is 19.0 Å². The number of nitrogens with one attached hydrogen (secondary N) is 2. The van der Waals surface area contributed by atoms with Crippen molar-refractivity contribution in [2.45, 2.75) is 12.5 Å². The predicted octanol–water partition coefficient (Wildman–Crippen LogP) is 1.81. The summed E-state index contributed by atoms with van der Waals surface area (Å²) in [4.78, 5) is 26.1. The molecule has 3 heterocycles. The topological polar surface area (TPSA) is 103 Å². The third-order valence-corrected chi connectivity index (χ3v) is 5.18. The van der Waals surface area contributed by atoms with E-state index in [-0.39, 0.29) is 50.6 Å². The normalized spacial score (nSPS) is 19.1. The van der Waals surface area contributed by atoms with Gasteiger partial charge in [-0.15, -0.1) is 0 Å². The molecule has 2 amide bonds. The molecule has 4 rings (SSSR count). The number of carbonyl (C=O) groups is 2. The van der Waals surface area contributed by atoms with E-state index in [0.717, 1.165) is 22.0 Å². The van der Waals surface area contributed by atoms with Crippen LogP contribution in [-0.2, 0) is 9.53 Å². The summed E-state index contributed by atoms with van der Waals surface area (Å²) in [6.07, 6.45) is -3.16. The van der Waals surface area contributed by atoms with E-state index in [1.54, 1.807) is 6.07 Å². The maximum atomic E-state index is 14.9. The summed E-state index contributed by atoms with van der Waals surface area (Å²) in [6, 6.07) is 3.60. The van der Waals surface area contributed by atoms with Crippen LogP contribution in [0.25, 0.3) is 0 Å². The van der Waals surface area contributed by atoms with Gasteiger partial charge >= 0.3 is 18.4 Å². The van der Waals surface area contributed by atoms with Gasteiger partial charge in [-0.3, -0.25) is 14.7 Å². The standard InChI is InChI=1S/C19H20F4N6O4/c20-13-7-11(28-10-12(33-19(28)31)9-24-15-1-6-32-26-15)8-14(21)16(13)27-3-2-25-29(5-4-27)18(30)17(22)23/h1,6-8,12,17,25H,2-5,9-10H2,(H,24,26)/t12-/m0/s1. The summed E-state index contributed by atoms with van der Waals surface area (Å²) in [5.74, 6) is -2.83. The zero-order valence-corrected chi connectivity index (χ0v) is 17.1. The molecule has 0 unspecified atom stereocenters. The van der Waals surface area contributed by atoms with E-state index in [1.165, 1.54) is 11.2 Å². The SMILES string of the molecule is O=C(C(F)F)N1CCN(c2c(F)cc(N3C[C@H](CNc4ccon4)OC3=O)cc2F)CCN1. The second-order valence-electron chi connectivity index (χ2n) is 7.33. The summed E-state index contributed by atoms with van der Waals surface area (Å²) < 4.78 is 65.0. The van der Waals surface area contributed by atoms with E-state index in [2.05, 4.69) is 15.9 Å². The number of hydrogen-bond donors (Lipinski definition) is 2. The summed E-state index contributed by atoms with van der Waals surface area (Å²) in [7, 11) is 0. The third-order valence-electron chi connectivity index (χ3n) is 5.18. The Balaban J connectivity index is 1.44. The fourth-order valence-corrected chi connectivity index (χ4v) is 3.63. The van der Waals surface area contributed by atoms with E-state index in [9.17, 15) is 27.2 Å². The Hall–Kier alpha value is -3.55. The summed E-state index contributed by atoms with van der Waals surface area (Å²) in [5, 5.41) is 7.33. The maximum absolute atomic E-state index is 14.9. The van der Waals surface area contributed by atoms with Gasteiger partial charge in [0.2, 0.25) is 0 Å².